The molecule has 14 heavy (non-hydrogen) atoms. The van der Waals surface area contributed by atoms with E-state index in [0.29, 0.717) is 18.4 Å². The highest BCUT2D eigenvalue weighted by Gasteiger charge is 2.03. The first kappa shape index (κ1) is 10.4. The Balaban J connectivity index is 2.68. The van der Waals surface area contributed by atoms with Crippen LogP contribution in [0.5, 0.6) is 0 Å². The summed E-state index contributed by atoms with van der Waals surface area (Å²) in [5.41, 5.74) is 1.58. The molecule has 3 heteroatoms. The average molecular weight is 192 g/mol. The molecule has 74 valence electrons. The number of rotatable bonds is 4. The standard InChI is InChI=1S/C11H12O3/c1-14-11(13)10-6-4-9(5-7-10)3-2-8-12/h4-8H,2-3H2,1H3. The van der Waals surface area contributed by atoms with Crippen LogP contribution in [0.3, 0.4) is 0 Å². The lowest BCUT2D eigenvalue weighted by atomic mass is 10.1. The van der Waals surface area contributed by atoms with Crippen LogP contribution in [0.25, 0.3) is 0 Å². The molecule has 0 heterocycles. The normalized spacial score (nSPS) is 9.50. The monoisotopic (exact) mass is 192 g/mol. The molecule has 0 aliphatic carbocycles. The number of carbonyl (C=O) groups is 2. The van der Waals surface area contributed by atoms with Gasteiger partial charge < -0.3 is 9.53 Å². The molecule has 0 spiro atoms. The highest BCUT2D eigenvalue weighted by molar-refractivity contribution is 5.89. The van der Waals surface area contributed by atoms with E-state index in [2.05, 4.69) is 4.74 Å². The fourth-order valence-electron chi connectivity index (χ4n) is 1.15. The maximum Gasteiger partial charge on any atom is 0.337 e. The lowest BCUT2D eigenvalue weighted by molar-refractivity contribution is -0.107. The van der Waals surface area contributed by atoms with E-state index in [4.69, 9.17) is 0 Å². The van der Waals surface area contributed by atoms with Crippen molar-refractivity contribution in [3.05, 3.63) is 35.4 Å². The first-order valence-corrected chi connectivity index (χ1v) is 4.39. The van der Waals surface area contributed by atoms with Crippen LogP contribution in [0, 0.1) is 0 Å². The molecular formula is C11H12O3. The Labute approximate surface area is 82.7 Å². The van der Waals surface area contributed by atoms with Crippen LogP contribution in [0.15, 0.2) is 24.3 Å². The Bertz CT molecular complexity index is 314. The second kappa shape index (κ2) is 5.17. The summed E-state index contributed by atoms with van der Waals surface area (Å²) < 4.78 is 4.56. The van der Waals surface area contributed by atoms with Crippen LogP contribution in [0.2, 0.25) is 0 Å². The molecule has 0 fully saturated rings. The number of aldehydes is 1. The molecule has 0 amide bonds. The van der Waals surface area contributed by atoms with Crippen LogP contribution < -0.4 is 0 Å². The maximum atomic E-state index is 11.1. The van der Waals surface area contributed by atoms with Crippen molar-refractivity contribution in [1.29, 1.82) is 0 Å². The summed E-state index contributed by atoms with van der Waals surface area (Å²) in [6, 6.07) is 7.06. The minimum Gasteiger partial charge on any atom is -0.465 e. The van der Waals surface area contributed by atoms with E-state index < -0.39 is 0 Å². The summed E-state index contributed by atoms with van der Waals surface area (Å²) in [6.45, 7) is 0. The first-order valence-electron chi connectivity index (χ1n) is 4.39. The van der Waals surface area contributed by atoms with Gasteiger partial charge in [0.2, 0.25) is 0 Å². The molecule has 0 unspecified atom stereocenters. The van der Waals surface area contributed by atoms with Crippen molar-refractivity contribution in [1.82, 2.24) is 0 Å². The smallest absolute Gasteiger partial charge is 0.337 e. The highest BCUT2D eigenvalue weighted by Crippen LogP contribution is 2.07. The zero-order chi connectivity index (χ0) is 10.4. The van der Waals surface area contributed by atoms with Gasteiger partial charge in [0.15, 0.2) is 0 Å². The Morgan fingerprint density at radius 1 is 1.36 bits per heavy atom. The third-order valence-electron chi connectivity index (χ3n) is 1.93. The fourth-order valence-corrected chi connectivity index (χ4v) is 1.15. The van der Waals surface area contributed by atoms with Gasteiger partial charge in [0.25, 0.3) is 0 Å². The number of ether oxygens (including phenoxy) is 1. The van der Waals surface area contributed by atoms with Crippen LogP contribution >= 0.6 is 0 Å². The van der Waals surface area contributed by atoms with Crippen LogP contribution in [0.1, 0.15) is 22.3 Å². The molecule has 1 rings (SSSR count). The predicted octanol–water partition coefficient (Wildman–Crippen LogP) is 1.60. The van der Waals surface area contributed by atoms with Gasteiger partial charge in [-0.3, -0.25) is 0 Å². The largest absolute Gasteiger partial charge is 0.465 e. The fraction of sp³-hybridized carbons (Fsp3) is 0.273. The molecule has 0 aliphatic heterocycles. The van der Waals surface area contributed by atoms with E-state index in [0.717, 1.165) is 11.8 Å². The van der Waals surface area contributed by atoms with Crippen molar-refractivity contribution in [2.24, 2.45) is 0 Å². The summed E-state index contributed by atoms with van der Waals surface area (Å²) >= 11 is 0. The molecule has 0 bridgehead atoms. The molecule has 1 aromatic carbocycles. The number of hydrogen-bond donors (Lipinski definition) is 0. The van der Waals surface area contributed by atoms with Gasteiger partial charge in [-0.2, -0.15) is 0 Å². The Morgan fingerprint density at radius 3 is 2.50 bits per heavy atom. The topological polar surface area (TPSA) is 43.4 Å². The van der Waals surface area contributed by atoms with Crippen molar-refractivity contribution in [2.45, 2.75) is 12.8 Å². The Hall–Kier alpha value is -1.64. The molecule has 0 saturated heterocycles. The first-order chi connectivity index (χ1) is 6.77. The second-order valence-corrected chi connectivity index (χ2v) is 2.89. The summed E-state index contributed by atoms with van der Waals surface area (Å²) in [4.78, 5) is 21.2. The number of aryl methyl sites for hydroxylation is 1. The zero-order valence-corrected chi connectivity index (χ0v) is 8.03. The highest BCUT2D eigenvalue weighted by atomic mass is 16.5. The molecular weight excluding hydrogens is 180 g/mol. The molecule has 3 nitrogen and oxygen atoms in total. The molecule has 0 saturated carbocycles. The third-order valence-corrected chi connectivity index (χ3v) is 1.93. The molecule has 0 radical (unpaired) electrons. The average Bonchev–Trinajstić information content (AvgIpc) is 2.26. The number of methoxy groups -OCH3 is 1. The Kier molecular flexibility index (Phi) is 3.85. The SMILES string of the molecule is COC(=O)c1ccc(CCC=O)cc1. The molecule has 0 atom stereocenters. The number of hydrogen-bond acceptors (Lipinski definition) is 3. The van der Waals surface area contributed by atoms with Gasteiger partial charge in [-0.05, 0) is 24.1 Å². The van der Waals surface area contributed by atoms with Crippen molar-refractivity contribution in [2.75, 3.05) is 7.11 Å². The lowest BCUT2D eigenvalue weighted by Gasteiger charge is -2.00. The van der Waals surface area contributed by atoms with Gasteiger partial charge in [0.1, 0.15) is 6.29 Å². The Morgan fingerprint density at radius 2 is 2.00 bits per heavy atom. The third kappa shape index (κ3) is 2.69. The van der Waals surface area contributed by atoms with Gasteiger partial charge in [-0.25, -0.2) is 4.79 Å². The van der Waals surface area contributed by atoms with Gasteiger partial charge in [-0.1, -0.05) is 12.1 Å². The minimum atomic E-state index is -0.341. The van der Waals surface area contributed by atoms with Crippen molar-refractivity contribution in [3.8, 4) is 0 Å². The van der Waals surface area contributed by atoms with E-state index in [1.165, 1.54) is 7.11 Å². The molecule has 1 aromatic rings. The van der Waals surface area contributed by atoms with Crippen LogP contribution in [-0.4, -0.2) is 19.4 Å². The van der Waals surface area contributed by atoms with Crippen molar-refractivity contribution < 1.29 is 14.3 Å². The van der Waals surface area contributed by atoms with Crippen molar-refractivity contribution >= 4 is 12.3 Å². The van der Waals surface area contributed by atoms with E-state index in [1.807, 2.05) is 12.1 Å². The van der Waals surface area contributed by atoms with E-state index in [-0.39, 0.29) is 5.97 Å². The number of esters is 1. The van der Waals surface area contributed by atoms with Crippen molar-refractivity contribution in [3.63, 3.8) is 0 Å². The maximum absolute atomic E-state index is 11.1. The predicted molar refractivity (Wildman–Crippen MR) is 52.2 cm³/mol. The summed E-state index contributed by atoms with van der Waals surface area (Å²) in [5, 5.41) is 0. The minimum absolute atomic E-state index is 0.341. The van der Waals surface area contributed by atoms with Gasteiger partial charge >= 0.3 is 5.97 Å². The van der Waals surface area contributed by atoms with E-state index in [1.54, 1.807) is 12.1 Å². The summed E-state index contributed by atoms with van der Waals surface area (Å²) in [7, 11) is 1.35. The van der Waals surface area contributed by atoms with E-state index >= 15 is 0 Å². The molecule has 0 aromatic heterocycles. The summed E-state index contributed by atoms with van der Waals surface area (Å²) in [5.74, 6) is -0.341. The van der Waals surface area contributed by atoms with Gasteiger partial charge in [0, 0.05) is 6.42 Å². The lowest BCUT2D eigenvalue weighted by Crippen LogP contribution is -2.00. The molecule has 0 aliphatic rings. The molecule has 0 N–H and O–H groups in total. The van der Waals surface area contributed by atoms with Crippen LogP contribution in [0.4, 0.5) is 0 Å². The van der Waals surface area contributed by atoms with E-state index in [9.17, 15) is 9.59 Å². The summed E-state index contributed by atoms with van der Waals surface area (Å²) in [6.07, 6.45) is 2.11. The quantitative estimate of drug-likeness (QED) is 0.537. The van der Waals surface area contributed by atoms with Gasteiger partial charge in [-0.15, -0.1) is 0 Å². The van der Waals surface area contributed by atoms with Gasteiger partial charge in [0.05, 0.1) is 12.7 Å². The van der Waals surface area contributed by atoms with Crippen LogP contribution in [-0.2, 0) is 16.0 Å². The second-order valence-electron chi connectivity index (χ2n) is 2.89. The zero-order valence-electron chi connectivity index (χ0n) is 8.03. The number of carbonyl (C=O) groups excluding carboxylic acids is 2. The number of benzene rings is 1.